The van der Waals surface area contributed by atoms with Crippen molar-refractivity contribution in [2.24, 2.45) is 5.92 Å². The first-order valence-electron chi connectivity index (χ1n) is 9.87. The van der Waals surface area contributed by atoms with Crippen LogP contribution in [0.2, 0.25) is 0 Å². The van der Waals surface area contributed by atoms with Crippen molar-refractivity contribution in [1.82, 2.24) is 25.1 Å². The fourth-order valence-corrected chi connectivity index (χ4v) is 3.96. The third kappa shape index (κ3) is 5.34. The molecule has 0 radical (unpaired) electrons. The van der Waals surface area contributed by atoms with Crippen molar-refractivity contribution in [2.45, 2.75) is 70.1 Å². The highest BCUT2D eigenvalue weighted by atomic mass is 32.2. The molecule has 1 saturated carbocycles. The smallest absolute Gasteiger partial charge is 0.220 e. The number of aromatic nitrogens is 4. The Morgan fingerprint density at radius 3 is 2.81 bits per heavy atom. The van der Waals surface area contributed by atoms with E-state index in [1.807, 2.05) is 10.9 Å². The molecule has 2 N–H and O–H groups in total. The van der Waals surface area contributed by atoms with Crippen LogP contribution in [0.25, 0.3) is 11.0 Å². The minimum atomic E-state index is 0.139. The Morgan fingerprint density at radius 2 is 2.11 bits per heavy atom. The van der Waals surface area contributed by atoms with Crippen molar-refractivity contribution in [1.29, 1.82) is 0 Å². The molecule has 1 aliphatic carbocycles. The predicted octanol–water partition coefficient (Wildman–Crippen LogP) is 3.46. The lowest BCUT2D eigenvalue weighted by Crippen LogP contribution is -2.27. The Labute approximate surface area is 165 Å². The lowest BCUT2D eigenvalue weighted by atomic mass is 10.0. The van der Waals surface area contributed by atoms with Gasteiger partial charge in [0.05, 0.1) is 18.1 Å². The molecule has 0 bridgehead atoms. The van der Waals surface area contributed by atoms with E-state index in [1.165, 1.54) is 37.4 Å². The van der Waals surface area contributed by atoms with E-state index in [1.54, 1.807) is 6.20 Å². The lowest BCUT2D eigenvalue weighted by Gasteiger charge is -2.11. The minimum Gasteiger partial charge on any atom is -0.367 e. The summed E-state index contributed by atoms with van der Waals surface area (Å²) in [5.41, 5.74) is 0.803. The molecule has 0 unspecified atom stereocenters. The van der Waals surface area contributed by atoms with Gasteiger partial charge in [0.15, 0.2) is 10.8 Å². The summed E-state index contributed by atoms with van der Waals surface area (Å²) >= 11 is 1.51. The van der Waals surface area contributed by atoms with Crippen LogP contribution in [0.3, 0.4) is 0 Å². The van der Waals surface area contributed by atoms with E-state index in [0.717, 1.165) is 29.2 Å². The third-order valence-corrected chi connectivity index (χ3v) is 5.53. The van der Waals surface area contributed by atoms with Gasteiger partial charge >= 0.3 is 0 Å². The van der Waals surface area contributed by atoms with E-state index in [-0.39, 0.29) is 11.9 Å². The summed E-state index contributed by atoms with van der Waals surface area (Å²) in [4.78, 5) is 21.3. The highest BCUT2D eigenvalue weighted by molar-refractivity contribution is 7.98. The Bertz CT molecular complexity index is 769. The molecule has 1 amide bonds. The number of nitrogens with zero attached hydrogens (tertiary/aromatic N) is 4. The molecule has 0 atom stereocenters. The Morgan fingerprint density at radius 1 is 1.33 bits per heavy atom. The summed E-state index contributed by atoms with van der Waals surface area (Å²) in [5, 5.41) is 12.5. The monoisotopic (exact) mass is 390 g/mol. The van der Waals surface area contributed by atoms with Crippen LogP contribution in [0.4, 0.5) is 5.82 Å². The SMILES string of the molecule is CSc1nc(NC(C)C)c2cnn(CCNC(=O)CCC3CCCC3)c2n1. The van der Waals surface area contributed by atoms with Crippen molar-refractivity contribution in [3.63, 3.8) is 0 Å². The molecule has 0 saturated heterocycles. The molecule has 0 aliphatic heterocycles. The largest absolute Gasteiger partial charge is 0.367 e. The van der Waals surface area contributed by atoms with Crippen molar-refractivity contribution < 1.29 is 4.79 Å². The molecular weight excluding hydrogens is 360 g/mol. The van der Waals surface area contributed by atoms with Crippen LogP contribution in [0.15, 0.2) is 11.4 Å². The van der Waals surface area contributed by atoms with Crippen LogP contribution in [-0.4, -0.2) is 44.5 Å². The second kappa shape index (κ2) is 9.39. The topological polar surface area (TPSA) is 84.7 Å². The quantitative estimate of drug-likeness (QED) is 0.504. The molecule has 0 aromatic carbocycles. The number of hydrogen-bond acceptors (Lipinski definition) is 6. The molecule has 3 rings (SSSR count). The standard InChI is InChI=1S/C19H30N6OS/c1-13(2)22-17-15-12-21-25(18(15)24-19(23-17)27-3)11-10-20-16(26)9-8-14-6-4-5-7-14/h12-14H,4-11H2,1-3H3,(H,20,26)(H,22,23,24). The van der Waals surface area contributed by atoms with Gasteiger partial charge in [-0.15, -0.1) is 0 Å². The van der Waals surface area contributed by atoms with Crippen molar-refractivity contribution in [3.05, 3.63) is 6.20 Å². The highest BCUT2D eigenvalue weighted by Crippen LogP contribution is 2.28. The zero-order chi connectivity index (χ0) is 19.2. The van der Waals surface area contributed by atoms with E-state index >= 15 is 0 Å². The van der Waals surface area contributed by atoms with Crippen LogP contribution < -0.4 is 10.6 Å². The molecule has 8 heteroatoms. The number of hydrogen-bond donors (Lipinski definition) is 2. The zero-order valence-electron chi connectivity index (χ0n) is 16.5. The summed E-state index contributed by atoms with van der Waals surface area (Å²) in [5.74, 6) is 1.70. The van der Waals surface area contributed by atoms with Crippen molar-refractivity contribution in [3.8, 4) is 0 Å². The molecule has 2 aromatic rings. The van der Waals surface area contributed by atoms with E-state index < -0.39 is 0 Å². The number of fused-ring (bicyclic) bond motifs is 1. The van der Waals surface area contributed by atoms with Gasteiger partial charge in [-0.05, 0) is 32.4 Å². The summed E-state index contributed by atoms with van der Waals surface area (Å²) in [7, 11) is 0. The van der Waals surface area contributed by atoms with Gasteiger partial charge in [0, 0.05) is 19.0 Å². The number of anilines is 1. The fraction of sp³-hybridized carbons (Fsp3) is 0.684. The summed E-state index contributed by atoms with van der Waals surface area (Å²) in [6.45, 7) is 5.33. The Kier molecular flexibility index (Phi) is 6.93. The second-order valence-electron chi connectivity index (χ2n) is 7.50. The first-order valence-corrected chi connectivity index (χ1v) is 11.1. The van der Waals surface area contributed by atoms with Crippen molar-refractivity contribution >= 4 is 34.5 Å². The first-order chi connectivity index (χ1) is 13.1. The first kappa shape index (κ1) is 19.9. The number of carbonyl (C=O) groups excluding carboxylic acids is 1. The zero-order valence-corrected chi connectivity index (χ0v) is 17.3. The molecule has 2 heterocycles. The van der Waals surface area contributed by atoms with Gasteiger partial charge in [0.1, 0.15) is 5.82 Å². The van der Waals surface area contributed by atoms with Crippen LogP contribution in [0.5, 0.6) is 0 Å². The lowest BCUT2D eigenvalue weighted by molar-refractivity contribution is -0.121. The fourth-order valence-electron chi connectivity index (χ4n) is 3.60. The molecular formula is C19H30N6OS. The molecule has 2 aromatic heterocycles. The maximum atomic E-state index is 12.1. The van der Waals surface area contributed by atoms with Gasteiger partial charge in [0.2, 0.25) is 5.91 Å². The predicted molar refractivity (Wildman–Crippen MR) is 110 cm³/mol. The van der Waals surface area contributed by atoms with Gasteiger partial charge < -0.3 is 10.6 Å². The molecule has 1 fully saturated rings. The van der Waals surface area contributed by atoms with Gasteiger partial charge in [0.25, 0.3) is 0 Å². The average molecular weight is 391 g/mol. The highest BCUT2D eigenvalue weighted by Gasteiger charge is 2.16. The van der Waals surface area contributed by atoms with Gasteiger partial charge in [-0.25, -0.2) is 14.6 Å². The van der Waals surface area contributed by atoms with E-state index in [4.69, 9.17) is 0 Å². The van der Waals surface area contributed by atoms with Gasteiger partial charge in [-0.3, -0.25) is 4.79 Å². The number of rotatable bonds is 9. The summed E-state index contributed by atoms with van der Waals surface area (Å²) < 4.78 is 1.85. The molecule has 7 nitrogen and oxygen atoms in total. The molecule has 1 aliphatic rings. The summed E-state index contributed by atoms with van der Waals surface area (Å²) in [6.07, 6.45) is 10.6. The number of carbonyl (C=O) groups is 1. The maximum absolute atomic E-state index is 12.1. The van der Waals surface area contributed by atoms with Crippen LogP contribution in [-0.2, 0) is 11.3 Å². The van der Waals surface area contributed by atoms with Crippen LogP contribution in [0, 0.1) is 5.92 Å². The van der Waals surface area contributed by atoms with Gasteiger partial charge in [-0.2, -0.15) is 5.10 Å². The normalized spacial score (nSPS) is 15.0. The van der Waals surface area contributed by atoms with Gasteiger partial charge in [-0.1, -0.05) is 37.4 Å². The number of nitrogens with one attached hydrogen (secondary N) is 2. The van der Waals surface area contributed by atoms with Crippen LogP contribution >= 0.6 is 11.8 Å². The summed E-state index contributed by atoms with van der Waals surface area (Å²) in [6, 6.07) is 0.278. The van der Waals surface area contributed by atoms with E-state index in [2.05, 4.69) is 39.5 Å². The number of thioether (sulfide) groups is 1. The molecule has 148 valence electrons. The number of amides is 1. The molecule has 0 spiro atoms. The maximum Gasteiger partial charge on any atom is 0.220 e. The van der Waals surface area contributed by atoms with Crippen molar-refractivity contribution in [2.75, 3.05) is 18.1 Å². The van der Waals surface area contributed by atoms with E-state index in [9.17, 15) is 4.79 Å². The second-order valence-corrected chi connectivity index (χ2v) is 8.28. The van der Waals surface area contributed by atoms with E-state index in [0.29, 0.717) is 24.7 Å². The minimum absolute atomic E-state index is 0.139. The average Bonchev–Trinajstić information content (AvgIpc) is 3.29. The Hall–Kier alpha value is -1.83. The van der Waals surface area contributed by atoms with Crippen LogP contribution in [0.1, 0.15) is 52.4 Å². The Balaban J connectivity index is 1.58. The third-order valence-electron chi connectivity index (χ3n) is 4.98. The molecule has 27 heavy (non-hydrogen) atoms.